The number of benzene rings is 2. The molecular weight excluding hydrogens is 362 g/mol. The molecule has 5 heteroatoms. The predicted molar refractivity (Wildman–Crippen MR) is 117 cm³/mol. The van der Waals surface area contributed by atoms with Gasteiger partial charge >= 0.3 is 0 Å². The van der Waals surface area contributed by atoms with Gasteiger partial charge < -0.3 is 14.6 Å². The molecule has 0 aliphatic carbocycles. The number of fused-ring (bicyclic) bond motifs is 1. The Morgan fingerprint density at radius 2 is 1.79 bits per heavy atom. The van der Waals surface area contributed by atoms with E-state index in [0.717, 1.165) is 22.4 Å². The molecule has 2 heterocycles. The average Bonchev–Trinajstić information content (AvgIpc) is 2.76. The molecule has 5 nitrogen and oxygen atoms in total. The lowest BCUT2D eigenvalue weighted by molar-refractivity contribution is 0.340. The van der Waals surface area contributed by atoms with E-state index in [4.69, 9.17) is 4.74 Å². The van der Waals surface area contributed by atoms with Gasteiger partial charge in [-0.3, -0.25) is 4.79 Å². The molecule has 0 aliphatic rings. The minimum atomic E-state index is -0.0362. The van der Waals surface area contributed by atoms with Crippen LogP contribution in [0.2, 0.25) is 0 Å². The monoisotopic (exact) mass is 385 g/mol. The van der Waals surface area contributed by atoms with Crippen LogP contribution >= 0.6 is 0 Å². The van der Waals surface area contributed by atoms with Crippen molar-refractivity contribution < 1.29 is 4.74 Å². The van der Waals surface area contributed by atoms with E-state index < -0.39 is 0 Å². The van der Waals surface area contributed by atoms with Gasteiger partial charge in [-0.1, -0.05) is 42.5 Å². The van der Waals surface area contributed by atoms with Crippen molar-refractivity contribution >= 4 is 16.7 Å². The Morgan fingerprint density at radius 3 is 2.52 bits per heavy atom. The Hall–Kier alpha value is -3.60. The van der Waals surface area contributed by atoms with E-state index in [1.807, 2.05) is 85.4 Å². The van der Waals surface area contributed by atoms with Crippen LogP contribution in [0.4, 0.5) is 5.82 Å². The summed E-state index contributed by atoms with van der Waals surface area (Å²) >= 11 is 0. The predicted octanol–water partition coefficient (Wildman–Crippen LogP) is 4.61. The van der Waals surface area contributed by atoms with Crippen LogP contribution in [0, 0.1) is 0 Å². The van der Waals surface area contributed by atoms with E-state index in [2.05, 4.69) is 10.3 Å². The molecule has 0 unspecified atom stereocenters. The van der Waals surface area contributed by atoms with Crippen LogP contribution < -0.4 is 15.5 Å². The molecule has 1 N–H and O–H groups in total. The van der Waals surface area contributed by atoms with Gasteiger partial charge in [0.05, 0.1) is 17.5 Å². The van der Waals surface area contributed by atoms with Crippen LogP contribution in [-0.4, -0.2) is 16.2 Å². The first-order valence-electron chi connectivity index (χ1n) is 9.66. The molecular formula is C24H23N3O2. The molecule has 0 spiro atoms. The van der Waals surface area contributed by atoms with Gasteiger partial charge in [0.1, 0.15) is 11.6 Å². The maximum atomic E-state index is 13.4. The first kappa shape index (κ1) is 18.7. The van der Waals surface area contributed by atoms with Crippen LogP contribution in [0.5, 0.6) is 5.75 Å². The number of rotatable bonds is 6. The molecule has 0 saturated heterocycles. The van der Waals surface area contributed by atoms with Crippen molar-refractivity contribution in [1.82, 2.24) is 9.55 Å². The zero-order valence-electron chi connectivity index (χ0n) is 16.6. The number of hydrogen-bond acceptors (Lipinski definition) is 4. The maximum absolute atomic E-state index is 13.4. The summed E-state index contributed by atoms with van der Waals surface area (Å²) in [6.07, 6.45) is 3.60. The van der Waals surface area contributed by atoms with Crippen molar-refractivity contribution in [2.45, 2.75) is 13.5 Å². The lowest BCUT2D eigenvalue weighted by Crippen LogP contribution is -2.14. The maximum Gasteiger partial charge on any atom is 0.200 e. The summed E-state index contributed by atoms with van der Waals surface area (Å²) in [4.78, 5) is 17.9. The number of aryl methyl sites for hydroxylation is 1. The molecule has 4 aromatic rings. The Kier molecular flexibility index (Phi) is 5.29. The van der Waals surface area contributed by atoms with Gasteiger partial charge in [0.15, 0.2) is 0 Å². The van der Waals surface area contributed by atoms with E-state index in [9.17, 15) is 4.79 Å². The second kappa shape index (κ2) is 8.19. The largest absolute Gasteiger partial charge is 0.494 e. The number of ether oxygens (including phenoxy) is 1. The third-order valence-electron chi connectivity index (χ3n) is 4.88. The van der Waals surface area contributed by atoms with Crippen LogP contribution in [-0.2, 0) is 13.6 Å². The highest BCUT2D eigenvalue weighted by Crippen LogP contribution is 2.25. The second-order valence-corrected chi connectivity index (χ2v) is 6.83. The van der Waals surface area contributed by atoms with E-state index in [0.29, 0.717) is 29.9 Å². The normalized spacial score (nSPS) is 10.8. The summed E-state index contributed by atoms with van der Waals surface area (Å²) in [5, 5.41) is 3.93. The summed E-state index contributed by atoms with van der Waals surface area (Å²) < 4.78 is 7.48. The molecule has 0 saturated carbocycles. The van der Waals surface area contributed by atoms with Gasteiger partial charge in [0, 0.05) is 31.5 Å². The molecule has 0 bridgehead atoms. The average molecular weight is 385 g/mol. The zero-order valence-corrected chi connectivity index (χ0v) is 16.6. The first-order valence-corrected chi connectivity index (χ1v) is 9.66. The number of aromatic nitrogens is 2. The fraction of sp³-hybridized carbons (Fsp3) is 0.167. The minimum absolute atomic E-state index is 0.0362. The highest BCUT2D eigenvalue weighted by atomic mass is 16.5. The Bertz CT molecular complexity index is 1180. The quantitative estimate of drug-likeness (QED) is 0.527. The van der Waals surface area contributed by atoms with Crippen molar-refractivity contribution in [1.29, 1.82) is 0 Å². The molecule has 0 atom stereocenters. The lowest BCUT2D eigenvalue weighted by Gasteiger charge is -2.13. The fourth-order valence-corrected chi connectivity index (χ4v) is 3.44. The number of nitrogens with zero attached hydrogens (tertiary/aromatic N) is 2. The van der Waals surface area contributed by atoms with Crippen LogP contribution in [0.1, 0.15) is 12.5 Å². The van der Waals surface area contributed by atoms with Crippen molar-refractivity contribution in [3.8, 4) is 16.9 Å². The topological polar surface area (TPSA) is 56.1 Å². The summed E-state index contributed by atoms with van der Waals surface area (Å²) in [7, 11) is 1.95. The molecule has 0 radical (unpaired) electrons. The summed E-state index contributed by atoms with van der Waals surface area (Å²) in [5.41, 5.74) is 3.43. The van der Waals surface area contributed by atoms with Gasteiger partial charge in [0.25, 0.3) is 0 Å². The molecule has 2 aromatic heterocycles. The minimum Gasteiger partial charge on any atom is -0.494 e. The van der Waals surface area contributed by atoms with Crippen molar-refractivity contribution in [2.24, 2.45) is 7.05 Å². The molecule has 146 valence electrons. The Labute approximate surface area is 169 Å². The first-order chi connectivity index (χ1) is 14.2. The highest BCUT2D eigenvalue weighted by Gasteiger charge is 2.14. The van der Waals surface area contributed by atoms with Crippen LogP contribution in [0.25, 0.3) is 22.0 Å². The molecule has 0 aliphatic heterocycles. The van der Waals surface area contributed by atoms with Crippen molar-refractivity contribution in [3.63, 3.8) is 0 Å². The molecule has 4 rings (SSSR count). The van der Waals surface area contributed by atoms with Crippen molar-refractivity contribution in [3.05, 3.63) is 88.8 Å². The van der Waals surface area contributed by atoms with Gasteiger partial charge in [-0.25, -0.2) is 4.98 Å². The Morgan fingerprint density at radius 1 is 1.03 bits per heavy atom. The molecule has 0 fully saturated rings. The number of nitrogens with one attached hydrogen (secondary N) is 1. The van der Waals surface area contributed by atoms with Gasteiger partial charge in [-0.15, -0.1) is 0 Å². The number of anilines is 1. The summed E-state index contributed by atoms with van der Waals surface area (Å²) in [5.74, 6) is 1.39. The van der Waals surface area contributed by atoms with Gasteiger partial charge in [-0.2, -0.15) is 0 Å². The van der Waals surface area contributed by atoms with Gasteiger partial charge in [-0.05, 0) is 36.2 Å². The Balaban J connectivity index is 1.77. The van der Waals surface area contributed by atoms with Crippen LogP contribution in [0.3, 0.4) is 0 Å². The van der Waals surface area contributed by atoms with Crippen LogP contribution in [0.15, 0.2) is 77.9 Å². The SMILES string of the molecule is CCOc1ccc(-c2cn(C)c3ccnc(NCc4ccccc4)c3c2=O)cc1. The number of pyridine rings is 2. The smallest absolute Gasteiger partial charge is 0.200 e. The van der Waals surface area contributed by atoms with E-state index in [-0.39, 0.29) is 5.43 Å². The third-order valence-corrected chi connectivity index (χ3v) is 4.88. The second-order valence-electron chi connectivity index (χ2n) is 6.83. The standard InChI is InChI=1S/C24H23N3O2/c1-3-29-19-11-9-18(10-12-19)20-16-27(2)21-13-14-25-24(22(21)23(20)28)26-15-17-7-5-4-6-8-17/h4-14,16H,3,15H2,1-2H3,(H,25,26). The van der Waals surface area contributed by atoms with E-state index in [1.54, 1.807) is 6.20 Å². The van der Waals surface area contributed by atoms with Gasteiger partial charge in [0.2, 0.25) is 5.43 Å². The summed E-state index contributed by atoms with van der Waals surface area (Å²) in [6.45, 7) is 3.16. The van der Waals surface area contributed by atoms with E-state index >= 15 is 0 Å². The fourth-order valence-electron chi connectivity index (χ4n) is 3.44. The third kappa shape index (κ3) is 3.85. The molecule has 0 amide bonds. The highest BCUT2D eigenvalue weighted by molar-refractivity contribution is 5.92. The summed E-state index contributed by atoms with van der Waals surface area (Å²) in [6, 6.07) is 19.5. The molecule has 2 aromatic carbocycles. The van der Waals surface area contributed by atoms with Crippen molar-refractivity contribution in [2.75, 3.05) is 11.9 Å². The van der Waals surface area contributed by atoms with E-state index in [1.165, 1.54) is 0 Å². The number of hydrogen-bond donors (Lipinski definition) is 1. The zero-order chi connectivity index (χ0) is 20.2. The lowest BCUT2D eigenvalue weighted by atomic mass is 10.0. The molecule has 29 heavy (non-hydrogen) atoms.